The normalized spacial score (nSPS) is 60.8. The molecule has 2 bridgehead atoms. The molecule has 3 heteroatoms. The van der Waals surface area contributed by atoms with E-state index in [9.17, 15) is 9.90 Å². The van der Waals surface area contributed by atoms with E-state index in [2.05, 4.69) is 60.6 Å². The second kappa shape index (κ2) is 6.29. The Balaban J connectivity index is 1.52. The number of aliphatic hydroxyl groups excluding tert-OH is 1. The standard InChI is InChI=1S/C30H46O3/c1-18-8-14-29-17-16-28(7)27(6)13-9-20-25(3,4)22(31)11-12-26(20,5)21(27)10-15-30(28,33-24(29)32)23(29)19(18)2/h10,15,18-23,31H,8-9,11-14,16-17H2,1-7H3/t18?,19?,20?,21?,22?,23?,26-,27+,28?,29+,30-/m1/s1. The van der Waals surface area contributed by atoms with Crippen molar-refractivity contribution in [2.75, 3.05) is 0 Å². The van der Waals surface area contributed by atoms with E-state index >= 15 is 0 Å². The van der Waals surface area contributed by atoms with Gasteiger partial charge in [-0.15, -0.1) is 0 Å². The molecule has 7 unspecified atom stereocenters. The number of fused-ring (bicyclic) bond motifs is 4. The van der Waals surface area contributed by atoms with Crippen LogP contribution in [-0.4, -0.2) is 22.8 Å². The highest BCUT2D eigenvalue weighted by Gasteiger charge is 2.80. The summed E-state index contributed by atoms with van der Waals surface area (Å²) in [4.78, 5) is 13.6. The zero-order valence-corrected chi connectivity index (χ0v) is 22.0. The van der Waals surface area contributed by atoms with Gasteiger partial charge in [0, 0.05) is 11.3 Å². The van der Waals surface area contributed by atoms with Crippen molar-refractivity contribution in [1.82, 2.24) is 0 Å². The van der Waals surface area contributed by atoms with Crippen LogP contribution < -0.4 is 0 Å². The number of carbonyl (C=O) groups is 1. The van der Waals surface area contributed by atoms with E-state index in [0.29, 0.717) is 29.6 Å². The summed E-state index contributed by atoms with van der Waals surface area (Å²) < 4.78 is 6.71. The molecule has 5 fully saturated rings. The Labute approximate surface area is 201 Å². The van der Waals surface area contributed by atoms with Crippen LogP contribution in [0.4, 0.5) is 0 Å². The molecule has 0 aromatic rings. The lowest BCUT2D eigenvalue weighted by Crippen LogP contribution is -2.71. The fraction of sp³-hybridized carbons (Fsp3) is 0.900. The van der Waals surface area contributed by atoms with Crippen LogP contribution in [0.2, 0.25) is 0 Å². The molecule has 1 aliphatic heterocycles. The van der Waals surface area contributed by atoms with Crippen molar-refractivity contribution in [2.45, 2.75) is 112 Å². The van der Waals surface area contributed by atoms with Crippen LogP contribution >= 0.6 is 0 Å². The predicted molar refractivity (Wildman–Crippen MR) is 130 cm³/mol. The van der Waals surface area contributed by atoms with Gasteiger partial charge < -0.3 is 9.84 Å². The second-order valence-corrected chi connectivity index (χ2v) is 14.8. The molecule has 184 valence electrons. The Kier molecular flexibility index (Phi) is 4.31. The van der Waals surface area contributed by atoms with Crippen molar-refractivity contribution in [1.29, 1.82) is 0 Å². The zero-order valence-electron chi connectivity index (χ0n) is 22.0. The minimum atomic E-state index is -0.450. The molecule has 0 radical (unpaired) electrons. The molecule has 0 amide bonds. The van der Waals surface area contributed by atoms with Crippen molar-refractivity contribution in [3.8, 4) is 0 Å². The lowest BCUT2D eigenvalue weighted by molar-refractivity contribution is -0.245. The molecule has 33 heavy (non-hydrogen) atoms. The Bertz CT molecular complexity index is 922. The molecule has 0 aromatic heterocycles. The molecule has 4 saturated carbocycles. The quantitative estimate of drug-likeness (QED) is 0.334. The molecule has 1 N–H and O–H groups in total. The first-order chi connectivity index (χ1) is 15.3. The minimum absolute atomic E-state index is 0.0424. The van der Waals surface area contributed by atoms with Crippen LogP contribution in [0, 0.1) is 56.7 Å². The zero-order chi connectivity index (χ0) is 23.8. The molecule has 6 aliphatic rings. The highest BCUT2D eigenvalue weighted by molar-refractivity contribution is 5.82. The van der Waals surface area contributed by atoms with Crippen LogP contribution in [0.5, 0.6) is 0 Å². The van der Waals surface area contributed by atoms with Crippen LogP contribution in [0.25, 0.3) is 0 Å². The number of allylic oxidation sites excluding steroid dienone is 1. The molecule has 5 aliphatic carbocycles. The molecule has 1 heterocycles. The van der Waals surface area contributed by atoms with E-state index in [1.807, 2.05) is 0 Å². The van der Waals surface area contributed by atoms with Gasteiger partial charge in [-0.2, -0.15) is 0 Å². The van der Waals surface area contributed by atoms with E-state index in [1.54, 1.807) is 0 Å². The van der Waals surface area contributed by atoms with Gasteiger partial charge in [0.1, 0.15) is 5.60 Å². The number of hydrogen-bond acceptors (Lipinski definition) is 3. The maximum atomic E-state index is 13.6. The van der Waals surface area contributed by atoms with Gasteiger partial charge in [-0.3, -0.25) is 4.79 Å². The summed E-state index contributed by atoms with van der Waals surface area (Å²) in [6.07, 6.45) is 13.4. The van der Waals surface area contributed by atoms with E-state index in [1.165, 1.54) is 6.42 Å². The van der Waals surface area contributed by atoms with Gasteiger partial charge in [0.25, 0.3) is 0 Å². The average Bonchev–Trinajstić information content (AvgIpc) is 2.95. The van der Waals surface area contributed by atoms with E-state index in [4.69, 9.17) is 4.74 Å². The first-order valence-electron chi connectivity index (χ1n) is 13.9. The van der Waals surface area contributed by atoms with Gasteiger partial charge in [-0.05, 0) is 97.4 Å². The van der Waals surface area contributed by atoms with Crippen LogP contribution in [-0.2, 0) is 9.53 Å². The van der Waals surface area contributed by atoms with Crippen molar-refractivity contribution in [3.63, 3.8) is 0 Å². The predicted octanol–water partition coefficient (Wildman–Crippen LogP) is 6.54. The number of esters is 1. The average molecular weight is 455 g/mol. The number of hydrogen-bond donors (Lipinski definition) is 1. The summed E-state index contributed by atoms with van der Waals surface area (Å²) in [6, 6.07) is 0. The lowest BCUT2D eigenvalue weighted by atomic mass is 9.32. The number of ether oxygens (including phenoxy) is 1. The van der Waals surface area contributed by atoms with Crippen LogP contribution in [0.1, 0.15) is 99.8 Å². The third-order valence-electron chi connectivity index (χ3n) is 13.8. The molecule has 11 atom stereocenters. The third kappa shape index (κ3) is 2.23. The number of carbonyl (C=O) groups excluding carboxylic acids is 1. The molecule has 0 aromatic carbocycles. The van der Waals surface area contributed by atoms with E-state index in [0.717, 1.165) is 44.9 Å². The van der Waals surface area contributed by atoms with Crippen molar-refractivity contribution < 1.29 is 14.6 Å². The van der Waals surface area contributed by atoms with Gasteiger partial charge >= 0.3 is 5.97 Å². The molecule has 6 rings (SSSR count). The largest absolute Gasteiger partial charge is 0.453 e. The maximum absolute atomic E-state index is 13.6. The maximum Gasteiger partial charge on any atom is 0.313 e. The highest BCUT2D eigenvalue weighted by Crippen LogP contribution is 2.79. The van der Waals surface area contributed by atoms with E-state index < -0.39 is 5.60 Å². The van der Waals surface area contributed by atoms with Gasteiger partial charge in [0.05, 0.1) is 11.5 Å². The van der Waals surface area contributed by atoms with Gasteiger partial charge in [0.2, 0.25) is 0 Å². The smallest absolute Gasteiger partial charge is 0.313 e. The summed E-state index contributed by atoms with van der Waals surface area (Å²) >= 11 is 0. The van der Waals surface area contributed by atoms with E-state index in [-0.39, 0.29) is 39.1 Å². The molecule has 1 saturated heterocycles. The van der Waals surface area contributed by atoms with Gasteiger partial charge in [0.15, 0.2) is 0 Å². The summed E-state index contributed by atoms with van der Waals surface area (Å²) in [5.41, 5.74) is -0.514. The van der Waals surface area contributed by atoms with Crippen LogP contribution in [0.3, 0.4) is 0 Å². The Morgan fingerprint density at radius 3 is 2.39 bits per heavy atom. The number of rotatable bonds is 0. The Hall–Kier alpha value is -0.830. The van der Waals surface area contributed by atoms with Crippen molar-refractivity contribution in [2.24, 2.45) is 56.7 Å². The van der Waals surface area contributed by atoms with Crippen LogP contribution in [0.15, 0.2) is 12.2 Å². The topological polar surface area (TPSA) is 46.5 Å². The highest BCUT2D eigenvalue weighted by atomic mass is 16.6. The fourth-order valence-electron chi connectivity index (χ4n) is 11.4. The van der Waals surface area contributed by atoms with Crippen molar-refractivity contribution in [3.05, 3.63) is 12.2 Å². The second-order valence-electron chi connectivity index (χ2n) is 14.8. The Morgan fingerprint density at radius 2 is 1.67 bits per heavy atom. The summed E-state index contributed by atoms with van der Waals surface area (Å²) in [7, 11) is 0. The van der Waals surface area contributed by atoms with Gasteiger partial charge in [-0.1, -0.05) is 54.5 Å². The SMILES string of the molecule is CC1CC[C@@]23CCC4(C)[C@@]5(C)CCC6C(C)(C)C(O)CC[C@@]6(C)C5C=C[C@@]4(OC2=O)C3C1C. The van der Waals surface area contributed by atoms with Crippen molar-refractivity contribution >= 4 is 5.97 Å². The molecule has 1 spiro atoms. The first kappa shape index (κ1) is 22.6. The fourth-order valence-corrected chi connectivity index (χ4v) is 11.4. The third-order valence-corrected chi connectivity index (χ3v) is 13.8. The summed E-state index contributed by atoms with van der Waals surface area (Å²) in [5, 5.41) is 10.9. The lowest BCUT2D eigenvalue weighted by Gasteiger charge is -2.72. The first-order valence-corrected chi connectivity index (χ1v) is 13.9. The van der Waals surface area contributed by atoms with Gasteiger partial charge in [-0.25, -0.2) is 0 Å². The summed E-state index contributed by atoms with van der Waals surface area (Å²) in [6.45, 7) is 17.0. The molecular weight excluding hydrogens is 408 g/mol. The molecular formula is C30H46O3. The Morgan fingerprint density at radius 1 is 0.939 bits per heavy atom. The summed E-state index contributed by atoms with van der Waals surface area (Å²) in [5.74, 6) is 2.56. The minimum Gasteiger partial charge on any atom is -0.453 e. The number of aliphatic hydroxyl groups is 1. The molecule has 3 nitrogen and oxygen atoms in total. The monoisotopic (exact) mass is 454 g/mol.